The van der Waals surface area contributed by atoms with Crippen LogP contribution in [0.5, 0.6) is 5.88 Å². The Labute approximate surface area is 171 Å². The van der Waals surface area contributed by atoms with Crippen molar-refractivity contribution in [1.29, 1.82) is 0 Å². The first-order valence-electron chi connectivity index (χ1n) is 9.98. The highest BCUT2D eigenvalue weighted by atomic mass is 16.5. The Morgan fingerprint density at radius 1 is 1.21 bits per heavy atom. The molecule has 1 atom stereocenters. The predicted molar refractivity (Wildman–Crippen MR) is 114 cm³/mol. The molecule has 0 bridgehead atoms. The Balaban J connectivity index is 1.64. The van der Waals surface area contributed by atoms with Crippen LogP contribution in [0.2, 0.25) is 0 Å². The van der Waals surface area contributed by atoms with Gasteiger partial charge in [-0.05, 0) is 24.7 Å². The van der Waals surface area contributed by atoms with Gasteiger partial charge in [-0.25, -0.2) is 15.0 Å². The van der Waals surface area contributed by atoms with E-state index in [-0.39, 0.29) is 0 Å². The molecule has 8 nitrogen and oxygen atoms in total. The van der Waals surface area contributed by atoms with Crippen LogP contribution >= 0.6 is 0 Å². The van der Waals surface area contributed by atoms with E-state index in [1.54, 1.807) is 12.4 Å². The zero-order valence-corrected chi connectivity index (χ0v) is 17.2. The topological polar surface area (TPSA) is 79.3 Å². The van der Waals surface area contributed by atoms with Crippen molar-refractivity contribution in [1.82, 2.24) is 30.2 Å². The molecule has 0 aromatic carbocycles. The van der Waals surface area contributed by atoms with E-state index in [1.165, 1.54) is 0 Å². The second kappa shape index (κ2) is 8.67. The number of hydrogen-bond acceptors (Lipinski definition) is 8. The van der Waals surface area contributed by atoms with Crippen LogP contribution in [0.15, 0.2) is 36.8 Å². The van der Waals surface area contributed by atoms with E-state index in [4.69, 9.17) is 9.72 Å². The molecular weight excluding hydrogens is 366 g/mol. The van der Waals surface area contributed by atoms with Crippen LogP contribution in [-0.4, -0.2) is 77.8 Å². The fourth-order valence-electron chi connectivity index (χ4n) is 3.55. The van der Waals surface area contributed by atoms with E-state index in [2.05, 4.69) is 32.1 Å². The van der Waals surface area contributed by atoms with Crippen LogP contribution in [0.4, 0.5) is 5.82 Å². The molecule has 1 fully saturated rings. The van der Waals surface area contributed by atoms with Crippen LogP contribution in [0.1, 0.15) is 6.92 Å². The Morgan fingerprint density at radius 2 is 2.07 bits per heavy atom. The maximum absolute atomic E-state index is 6.19. The third-order valence-electron chi connectivity index (χ3n) is 5.22. The SMILES string of the molecule is CCN1CCNC[C@H]1COc1nc(-c2ccc(N(C)C)nc2)cc2nccnc12. The smallest absolute Gasteiger partial charge is 0.242 e. The number of pyridine rings is 2. The number of likely N-dealkylation sites (N-methyl/N-ethyl adjacent to an activating group) is 1. The second-order valence-corrected chi connectivity index (χ2v) is 7.33. The van der Waals surface area contributed by atoms with E-state index in [0.717, 1.165) is 48.8 Å². The summed E-state index contributed by atoms with van der Waals surface area (Å²) in [5, 5.41) is 3.44. The van der Waals surface area contributed by atoms with Gasteiger partial charge in [0.05, 0.1) is 17.3 Å². The Bertz CT molecular complexity index is 961. The lowest BCUT2D eigenvalue weighted by Gasteiger charge is -2.34. The summed E-state index contributed by atoms with van der Waals surface area (Å²) < 4.78 is 6.19. The molecule has 3 aromatic heterocycles. The summed E-state index contributed by atoms with van der Waals surface area (Å²) in [5.74, 6) is 1.42. The number of fused-ring (bicyclic) bond motifs is 1. The number of nitrogens with zero attached hydrogens (tertiary/aromatic N) is 6. The summed E-state index contributed by atoms with van der Waals surface area (Å²) in [7, 11) is 3.94. The average Bonchev–Trinajstić information content (AvgIpc) is 2.77. The first-order chi connectivity index (χ1) is 14.2. The van der Waals surface area contributed by atoms with Gasteiger partial charge < -0.3 is 15.0 Å². The van der Waals surface area contributed by atoms with Gasteiger partial charge in [-0.2, -0.15) is 0 Å². The van der Waals surface area contributed by atoms with Crippen molar-refractivity contribution < 1.29 is 4.74 Å². The fourth-order valence-corrected chi connectivity index (χ4v) is 3.55. The molecule has 0 saturated carbocycles. The predicted octanol–water partition coefficient (Wildman–Crippen LogP) is 1.83. The second-order valence-electron chi connectivity index (χ2n) is 7.33. The maximum atomic E-state index is 6.19. The monoisotopic (exact) mass is 393 g/mol. The highest BCUT2D eigenvalue weighted by molar-refractivity contribution is 5.83. The first kappa shape index (κ1) is 19.5. The van der Waals surface area contributed by atoms with E-state index in [1.807, 2.05) is 43.4 Å². The lowest BCUT2D eigenvalue weighted by atomic mass is 10.1. The van der Waals surface area contributed by atoms with Gasteiger partial charge in [0, 0.05) is 57.9 Å². The Kier molecular flexibility index (Phi) is 5.82. The number of aromatic nitrogens is 4. The maximum Gasteiger partial charge on any atom is 0.242 e. The van der Waals surface area contributed by atoms with E-state index < -0.39 is 0 Å². The molecule has 4 heterocycles. The molecular formula is C21H27N7O. The molecule has 0 amide bonds. The van der Waals surface area contributed by atoms with Crippen molar-refractivity contribution in [2.24, 2.45) is 0 Å². The summed E-state index contributed by atoms with van der Waals surface area (Å²) in [4.78, 5) is 22.6. The minimum atomic E-state index is 0.312. The average molecular weight is 393 g/mol. The summed E-state index contributed by atoms with van der Waals surface area (Å²) >= 11 is 0. The molecule has 0 unspecified atom stereocenters. The zero-order chi connectivity index (χ0) is 20.2. The summed E-state index contributed by atoms with van der Waals surface area (Å²) in [6.07, 6.45) is 5.19. The molecule has 29 heavy (non-hydrogen) atoms. The van der Waals surface area contributed by atoms with Crippen LogP contribution in [-0.2, 0) is 0 Å². The number of anilines is 1. The molecule has 3 aromatic rings. The van der Waals surface area contributed by atoms with Crippen molar-refractivity contribution in [3.05, 3.63) is 36.8 Å². The normalized spacial score (nSPS) is 17.4. The van der Waals surface area contributed by atoms with Gasteiger partial charge in [-0.15, -0.1) is 0 Å². The third kappa shape index (κ3) is 4.28. The van der Waals surface area contributed by atoms with Crippen molar-refractivity contribution in [3.63, 3.8) is 0 Å². The van der Waals surface area contributed by atoms with Gasteiger partial charge in [-0.3, -0.25) is 9.88 Å². The van der Waals surface area contributed by atoms with Crippen LogP contribution < -0.4 is 15.0 Å². The quantitative estimate of drug-likeness (QED) is 0.680. The number of hydrogen-bond donors (Lipinski definition) is 1. The van der Waals surface area contributed by atoms with Crippen molar-refractivity contribution >= 4 is 16.9 Å². The van der Waals surface area contributed by atoms with E-state index in [0.29, 0.717) is 24.0 Å². The van der Waals surface area contributed by atoms with Crippen LogP contribution in [0.25, 0.3) is 22.3 Å². The van der Waals surface area contributed by atoms with Crippen molar-refractivity contribution in [2.75, 3.05) is 51.8 Å². The Hall–Kier alpha value is -2.84. The van der Waals surface area contributed by atoms with Gasteiger partial charge in [0.2, 0.25) is 5.88 Å². The standard InChI is InChI=1S/C21H27N7O/c1-4-28-10-9-22-13-16(28)14-29-21-20-18(23-7-8-24-20)11-17(26-21)15-5-6-19(25-12-15)27(2)3/h5-8,11-12,16,22H,4,9-10,13-14H2,1-3H3/t16-/m0/s1. The van der Waals surface area contributed by atoms with E-state index >= 15 is 0 Å². The summed E-state index contributed by atoms with van der Waals surface area (Å²) in [6, 6.07) is 6.24. The van der Waals surface area contributed by atoms with Crippen LogP contribution in [0, 0.1) is 0 Å². The molecule has 0 radical (unpaired) electrons. The van der Waals surface area contributed by atoms with Gasteiger partial charge in [-0.1, -0.05) is 6.92 Å². The van der Waals surface area contributed by atoms with Crippen molar-refractivity contribution in [3.8, 4) is 17.1 Å². The van der Waals surface area contributed by atoms with Crippen LogP contribution in [0.3, 0.4) is 0 Å². The molecule has 0 aliphatic carbocycles. The molecule has 1 aliphatic heterocycles. The number of ether oxygens (including phenoxy) is 1. The summed E-state index contributed by atoms with van der Waals surface area (Å²) in [6.45, 7) is 6.70. The zero-order valence-electron chi connectivity index (χ0n) is 17.2. The molecule has 152 valence electrons. The fraction of sp³-hybridized carbons (Fsp3) is 0.429. The molecule has 1 N–H and O–H groups in total. The molecule has 1 saturated heterocycles. The number of nitrogens with one attached hydrogen (secondary N) is 1. The van der Waals surface area contributed by atoms with Gasteiger partial charge in [0.25, 0.3) is 0 Å². The largest absolute Gasteiger partial charge is 0.474 e. The first-order valence-corrected chi connectivity index (χ1v) is 9.98. The van der Waals surface area contributed by atoms with Gasteiger partial charge in [0.15, 0.2) is 5.52 Å². The van der Waals surface area contributed by atoms with Gasteiger partial charge >= 0.3 is 0 Å². The minimum absolute atomic E-state index is 0.312. The number of rotatable bonds is 6. The van der Waals surface area contributed by atoms with E-state index in [9.17, 15) is 0 Å². The summed E-state index contributed by atoms with van der Waals surface area (Å²) in [5.41, 5.74) is 3.14. The highest BCUT2D eigenvalue weighted by Crippen LogP contribution is 2.27. The molecule has 0 spiro atoms. The van der Waals surface area contributed by atoms with Gasteiger partial charge in [0.1, 0.15) is 12.4 Å². The molecule has 4 rings (SSSR count). The minimum Gasteiger partial charge on any atom is -0.474 e. The third-order valence-corrected chi connectivity index (χ3v) is 5.22. The highest BCUT2D eigenvalue weighted by Gasteiger charge is 2.22. The molecule has 1 aliphatic rings. The molecule has 8 heteroatoms. The number of piperazine rings is 1. The lowest BCUT2D eigenvalue weighted by molar-refractivity contribution is 0.115. The van der Waals surface area contributed by atoms with Crippen molar-refractivity contribution in [2.45, 2.75) is 13.0 Å². The Morgan fingerprint density at radius 3 is 2.83 bits per heavy atom. The lowest BCUT2D eigenvalue weighted by Crippen LogP contribution is -2.53.